The van der Waals surface area contributed by atoms with Gasteiger partial charge in [-0.15, -0.1) is 0 Å². The van der Waals surface area contributed by atoms with E-state index in [0.717, 1.165) is 29.4 Å². The van der Waals surface area contributed by atoms with Crippen LogP contribution >= 0.6 is 11.6 Å². The fraction of sp³-hybridized carbons (Fsp3) is 0.308. The van der Waals surface area contributed by atoms with Crippen molar-refractivity contribution in [3.8, 4) is 0 Å². The maximum atomic E-state index is 6.03. The van der Waals surface area contributed by atoms with E-state index in [-0.39, 0.29) is 6.04 Å². The predicted octanol–water partition coefficient (Wildman–Crippen LogP) is 3.15. The highest BCUT2D eigenvalue weighted by Crippen LogP contribution is 2.21. The molecule has 4 heteroatoms. The number of nitrogens with zero attached hydrogens (tertiary/aromatic N) is 1. The van der Waals surface area contributed by atoms with E-state index in [0.29, 0.717) is 0 Å². The Labute approximate surface area is 106 Å². The van der Waals surface area contributed by atoms with Crippen LogP contribution in [-0.4, -0.2) is 16.5 Å². The summed E-state index contributed by atoms with van der Waals surface area (Å²) < 4.78 is 0. The van der Waals surface area contributed by atoms with E-state index in [1.807, 2.05) is 24.4 Å². The van der Waals surface area contributed by atoms with Gasteiger partial charge in [0.25, 0.3) is 0 Å². The summed E-state index contributed by atoms with van der Waals surface area (Å²) in [7, 11) is 0. The summed E-state index contributed by atoms with van der Waals surface area (Å²) >= 11 is 6.03. The molecule has 0 aliphatic rings. The van der Waals surface area contributed by atoms with Gasteiger partial charge in [-0.2, -0.15) is 0 Å². The Kier molecular flexibility index (Phi) is 4.18. The third kappa shape index (κ3) is 3.08. The van der Waals surface area contributed by atoms with Gasteiger partial charge in [0.15, 0.2) is 0 Å². The second-order valence-corrected chi connectivity index (χ2v) is 4.35. The Balaban J connectivity index is 2.27. The molecule has 2 rings (SSSR count). The fourth-order valence-electron chi connectivity index (χ4n) is 1.78. The van der Waals surface area contributed by atoms with Crippen molar-refractivity contribution in [2.75, 3.05) is 6.54 Å². The van der Waals surface area contributed by atoms with Crippen LogP contribution in [0.1, 0.15) is 30.8 Å². The molecule has 17 heavy (non-hydrogen) atoms. The van der Waals surface area contributed by atoms with Gasteiger partial charge in [0.2, 0.25) is 0 Å². The summed E-state index contributed by atoms with van der Waals surface area (Å²) in [6.07, 6.45) is 4.68. The first-order chi connectivity index (χ1) is 8.31. The number of halogens is 1. The van der Waals surface area contributed by atoms with Crippen LogP contribution in [0.2, 0.25) is 5.02 Å². The number of imidazole rings is 1. The number of rotatable bonds is 5. The summed E-state index contributed by atoms with van der Waals surface area (Å²) in [5, 5.41) is 4.21. The van der Waals surface area contributed by atoms with Crippen molar-refractivity contribution < 1.29 is 0 Å². The lowest BCUT2D eigenvalue weighted by Gasteiger charge is -2.17. The number of aromatic nitrogens is 2. The number of hydrogen-bond acceptors (Lipinski definition) is 2. The van der Waals surface area contributed by atoms with Crippen molar-refractivity contribution in [3.63, 3.8) is 0 Å². The van der Waals surface area contributed by atoms with E-state index in [1.54, 1.807) is 6.20 Å². The molecule has 1 unspecified atom stereocenters. The third-order valence-electron chi connectivity index (χ3n) is 2.57. The van der Waals surface area contributed by atoms with E-state index >= 15 is 0 Å². The van der Waals surface area contributed by atoms with Gasteiger partial charge in [0, 0.05) is 17.4 Å². The molecule has 0 bridgehead atoms. The molecule has 0 aliphatic carbocycles. The Morgan fingerprint density at radius 3 is 3.00 bits per heavy atom. The fourth-order valence-corrected chi connectivity index (χ4v) is 1.98. The SMILES string of the molecule is CCCNC(c1cccc(Cl)c1)c1ncc[nH]1. The molecule has 3 nitrogen and oxygen atoms in total. The van der Waals surface area contributed by atoms with Crippen LogP contribution in [0.3, 0.4) is 0 Å². The van der Waals surface area contributed by atoms with Crippen molar-refractivity contribution >= 4 is 11.6 Å². The third-order valence-corrected chi connectivity index (χ3v) is 2.81. The molecule has 0 radical (unpaired) electrons. The smallest absolute Gasteiger partial charge is 0.127 e. The van der Waals surface area contributed by atoms with Gasteiger partial charge in [0.05, 0.1) is 6.04 Å². The quantitative estimate of drug-likeness (QED) is 0.855. The standard InChI is InChI=1S/C13H16ClN3/c1-2-6-15-12(13-16-7-8-17-13)10-4-3-5-11(14)9-10/h3-5,7-9,12,15H,2,6H2,1H3,(H,16,17). The van der Waals surface area contributed by atoms with Gasteiger partial charge >= 0.3 is 0 Å². The number of H-pyrrole nitrogens is 1. The highest BCUT2D eigenvalue weighted by atomic mass is 35.5. The predicted molar refractivity (Wildman–Crippen MR) is 70.2 cm³/mol. The van der Waals surface area contributed by atoms with E-state index in [4.69, 9.17) is 11.6 Å². The van der Waals surface area contributed by atoms with Crippen molar-refractivity contribution in [2.24, 2.45) is 0 Å². The number of nitrogens with one attached hydrogen (secondary N) is 2. The van der Waals surface area contributed by atoms with Crippen molar-refractivity contribution in [1.82, 2.24) is 15.3 Å². The molecule has 1 atom stereocenters. The first-order valence-corrected chi connectivity index (χ1v) is 6.17. The van der Waals surface area contributed by atoms with Gasteiger partial charge in [-0.1, -0.05) is 30.7 Å². The topological polar surface area (TPSA) is 40.7 Å². The first-order valence-electron chi connectivity index (χ1n) is 5.79. The van der Waals surface area contributed by atoms with Crippen LogP contribution in [0.25, 0.3) is 0 Å². The van der Waals surface area contributed by atoms with Gasteiger partial charge in [-0.3, -0.25) is 0 Å². The van der Waals surface area contributed by atoms with Crippen molar-refractivity contribution in [1.29, 1.82) is 0 Å². The molecule has 1 heterocycles. The van der Waals surface area contributed by atoms with Crippen LogP contribution < -0.4 is 5.32 Å². The monoisotopic (exact) mass is 249 g/mol. The average Bonchev–Trinajstić information content (AvgIpc) is 2.83. The number of aromatic amines is 1. The minimum atomic E-state index is 0.0728. The van der Waals surface area contributed by atoms with Crippen LogP contribution in [-0.2, 0) is 0 Å². The van der Waals surface area contributed by atoms with Gasteiger partial charge in [-0.05, 0) is 30.7 Å². The summed E-state index contributed by atoms with van der Waals surface area (Å²) in [4.78, 5) is 7.46. The Morgan fingerprint density at radius 1 is 1.47 bits per heavy atom. The second kappa shape index (κ2) is 5.84. The summed E-state index contributed by atoms with van der Waals surface area (Å²) in [5.41, 5.74) is 1.13. The average molecular weight is 250 g/mol. The summed E-state index contributed by atoms with van der Waals surface area (Å²) in [6, 6.07) is 7.94. The first kappa shape index (κ1) is 12.1. The lowest BCUT2D eigenvalue weighted by molar-refractivity contribution is 0.576. The highest BCUT2D eigenvalue weighted by Gasteiger charge is 2.15. The zero-order chi connectivity index (χ0) is 12.1. The Bertz CT molecular complexity index is 453. The molecule has 1 aromatic carbocycles. The van der Waals surface area contributed by atoms with Gasteiger partial charge < -0.3 is 10.3 Å². The zero-order valence-corrected chi connectivity index (χ0v) is 10.5. The molecule has 2 aromatic rings. The Morgan fingerprint density at radius 2 is 2.35 bits per heavy atom. The molecule has 2 N–H and O–H groups in total. The molecular formula is C13H16ClN3. The van der Waals surface area contributed by atoms with E-state index in [1.165, 1.54) is 0 Å². The molecule has 0 aliphatic heterocycles. The molecule has 0 saturated heterocycles. The van der Waals surface area contributed by atoms with Crippen molar-refractivity contribution in [3.05, 3.63) is 53.1 Å². The van der Waals surface area contributed by atoms with Crippen LogP contribution in [0.5, 0.6) is 0 Å². The van der Waals surface area contributed by atoms with Gasteiger partial charge in [-0.25, -0.2) is 4.98 Å². The minimum Gasteiger partial charge on any atom is -0.347 e. The van der Waals surface area contributed by atoms with Crippen LogP contribution in [0, 0.1) is 0 Å². The lowest BCUT2D eigenvalue weighted by atomic mass is 10.1. The summed E-state index contributed by atoms with van der Waals surface area (Å²) in [5.74, 6) is 0.917. The molecule has 90 valence electrons. The molecule has 0 spiro atoms. The van der Waals surface area contributed by atoms with E-state index in [2.05, 4.69) is 28.3 Å². The van der Waals surface area contributed by atoms with E-state index in [9.17, 15) is 0 Å². The van der Waals surface area contributed by atoms with Crippen molar-refractivity contribution in [2.45, 2.75) is 19.4 Å². The number of benzene rings is 1. The largest absolute Gasteiger partial charge is 0.347 e. The minimum absolute atomic E-state index is 0.0728. The molecule has 0 saturated carbocycles. The van der Waals surface area contributed by atoms with Crippen LogP contribution in [0.15, 0.2) is 36.7 Å². The van der Waals surface area contributed by atoms with Gasteiger partial charge in [0.1, 0.15) is 5.82 Å². The molecule has 0 fully saturated rings. The highest BCUT2D eigenvalue weighted by molar-refractivity contribution is 6.30. The van der Waals surface area contributed by atoms with Crippen LogP contribution in [0.4, 0.5) is 0 Å². The molecule has 1 aromatic heterocycles. The molecular weight excluding hydrogens is 234 g/mol. The van der Waals surface area contributed by atoms with E-state index < -0.39 is 0 Å². The maximum absolute atomic E-state index is 6.03. The second-order valence-electron chi connectivity index (χ2n) is 3.92. The molecule has 0 amide bonds. The normalized spacial score (nSPS) is 12.6. The summed E-state index contributed by atoms with van der Waals surface area (Å²) in [6.45, 7) is 3.09. The Hall–Kier alpha value is -1.32. The lowest BCUT2D eigenvalue weighted by Crippen LogP contribution is -2.24. The maximum Gasteiger partial charge on any atom is 0.127 e. The number of hydrogen-bond donors (Lipinski definition) is 2. The zero-order valence-electron chi connectivity index (χ0n) is 9.78.